The molecular formula is C15H17F3N2O5. The van der Waals surface area contributed by atoms with Crippen LogP contribution in [0.4, 0.5) is 18.0 Å². The van der Waals surface area contributed by atoms with Crippen LogP contribution in [-0.2, 0) is 9.53 Å². The summed E-state index contributed by atoms with van der Waals surface area (Å²) in [5, 5.41) is 3.17. The van der Waals surface area contributed by atoms with Gasteiger partial charge in [-0.25, -0.2) is 9.59 Å². The molecule has 25 heavy (non-hydrogen) atoms. The summed E-state index contributed by atoms with van der Waals surface area (Å²) in [5.74, 6) is -1.21. The number of nitrogens with one attached hydrogen (secondary N) is 2. The van der Waals surface area contributed by atoms with Gasteiger partial charge in [0.15, 0.2) is 6.61 Å². The van der Waals surface area contributed by atoms with Crippen molar-refractivity contribution in [1.82, 2.24) is 10.6 Å². The Morgan fingerprint density at radius 2 is 1.72 bits per heavy atom. The van der Waals surface area contributed by atoms with E-state index in [0.717, 1.165) is 0 Å². The molecule has 0 aliphatic carbocycles. The molecule has 0 spiro atoms. The van der Waals surface area contributed by atoms with Crippen LogP contribution in [0.1, 0.15) is 24.2 Å². The molecule has 1 rings (SSSR count). The highest BCUT2D eigenvalue weighted by molar-refractivity contribution is 5.95. The number of carbonyl (C=O) groups is 3. The van der Waals surface area contributed by atoms with E-state index in [1.807, 2.05) is 0 Å². The Hall–Kier alpha value is -2.78. The topological polar surface area (TPSA) is 93.7 Å². The van der Waals surface area contributed by atoms with Crippen LogP contribution < -0.4 is 15.4 Å². The highest BCUT2D eigenvalue weighted by atomic mass is 19.4. The Kier molecular flexibility index (Phi) is 7.22. The molecule has 0 aliphatic heterocycles. The fraction of sp³-hybridized carbons (Fsp3) is 0.400. The molecule has 0 radical (unpaired) electrons. The minimum Gasteiger partial charge on any atom is -0.484 e. The van der Waals surface area contributed by atoms with Gasteiger partial charge < -0.3 is 14.8 Å². The summed E-state index contributed by atoms with van der Waals surface area (Å²) in [4.78, 5) is 34.1. The van der Waals surface area contributed by atoms with E-state index >= 15 is 0 Å². The van der Waals surface area contributed by atoms with Gasteiger partial charge in [-0.2, -0.15) is 13.2 Å². The number of ether oxygens (including phenoxy) is 2. The Bertz CT molecular complexity index is 615. The molecule has 7 nitrogen and oxygen atoms in total. The highest BCUT2D eigenvalue weighted by Crippen LogP contribution is 2.14. The molecule has 10 heteroatoms. The molecule has 0 aliphatic rings. The standard InChI is InChI=1S/C15H17F3N2O5/c1-9(2)25-13(22)10-3-5-11(6-4-10)24-7-12(21)20-14(23)19-8-15(16,17)18/h3-6,9H,7-8H2,1-2H3,(H2,19,20,21,23). The van der Waals surface area contributed by atoms with Crippen molar-refractivity contribution in [2.75, 3.05) is 13.2 Å². The van der Waals surface area contributed by atoms with Gasteiger partial charge >= 0.3 is 18.2 Å². The van der Waals surface area contributed by atoms with E-state index in [0.29, 0.717) is 0 Å². The molecule has 3 amide bonds. The summed E-state index contributed by atoms with van der Waals surface area (Å²) in [6.45, 7) is 1.27. The quantitative estimate of drug-likeness (QED) is 0.755. The third-order valence-electron chi connectivity index (χ3n) is 2.51. The Labute approximate surface area is 141 Å². The molecule has 138 valence electrons. The number of esters is 1. The lowest BCUT2D eigenvalue weighted by molar-refractivity contribution is -0.125. The highest BCUT2D eigenvalue weighted by Gasteiger charge is 2.27. The number of alkyl halides is 3. The largest absolute Gasteiger partial charge is 0.484 e. The van der Waals surface area contributed by atoms with Crippen LogP contribution in [-0.4, -0.2) is 43.3 Å². The molecule has 0 fully saturated rings. The zero-order valence-electron chi connectivity index (χ0n) is 13.5. The maximum Gasteiger partial charge on any atom is 0.405 e. The van der Waals surface area contributed by atoms with Gasteiger partial charge in [0.1, 0.15) is 12.3 Å². The molecule has 0 aromatic heterocycles. The van der Waals surface area contributed by atoms with Gasteiger partial charge in [-0.1, -0.05) is 0 Å². The lowest BCUT2D eigenvalue weighted by Crippen LogP contribution is -2.44. The van der Waals surface area contributed by atoms with Gasteiger partial charge in [0.05, 0.1) is 11.7 Å². The zero-order chi connectivity index (χ0) is 19.0. The second-order valence-electron chi connectivity index (χ2n) is 5.11. The van der Waals surface area contributed by atoms with Crippen LogP contribution in [0.3, 0.4) is 0 Å². The van der Waals surface area contributed by atoms with E-state index in [1.165, 1.54) is 29.6 Å². The lowest BCUT2D eigenvalue weighted by Gasteiger charge is -2.10. The molecule has 0 saturated carbocycles. The van der Waals surface area contributed by atoms with Crippen LogP contribution in [0.5, 0.6) is 5.75 Å². The molecule has 1 aromatic rings. The van der Waals surface area contributed by atoms with E-state index in [4.69, 9.17) is 9.47 Å². The number of hydrogen-bond acceptors (Lipinski definition) is 5. The van der Waals surface area contributed by atoms with Gasteiger partial charge in [-0.3, -0.25) is 10.1 Å². The normalized spacial score (nSPS) is 11.0. The van der Waals surface area contributed by atoms with E-state index < -0.39 is 37.2 Å². The van der Waals surface area contributed by atoms with Crippen LogP contribution in [0.15, 0.2) is 24.3 Å². The summed E-state index contributed by atoms with van der Waals surface area (Å²) in [6, 6.07) is 4.39. The summed E-state index contributed by atoms with van der Waals surface area (Å²) in [6.07, 6.45) is -4.84. The average Bonchev–Trinajstić information content (AvgIpc) is 2.50. The fourth-order valence-electron chi connectivity index (χ4n) is 1.51. The van der Waals surface area contributed by atoms with Gasteiger partial charge in [0.25, 0.3) is 5.91 Å². The van der Waals surface area contributed by atoms with E-state index in [2.05, 4.69) is 0 Å². The number of hydrogen-bond donors (Lipinski definition) is 2. The van der Waals surface area contributed by atoms with Crippen LogP contribution in [0.2, 0.25) is 0 Å². The van der Waals surface area contributed by atoms with Crippen LogP contribution in [0, 0.1) is 0 Å². The lowest BCUT2D eigenvalue weighted by atomic mass is 10.2. The first-order chi connectivity index (χ1) is 11.6. The van der Waals surface area contributed by atoms with Crippen molar-refractivity contribution in [3.05, 3.63) is 29.8 Å². The fourth-order valence-corrected chi connectivity index (χ4v) is 1.51. The second kappa shape index (κ2) is 8.90. The van der Waals surface area contributed by atoms with Crippen LogP contribution in [0.25, 0.3) is 0 Å². The van der Waals surface area contributed by atoms with Crippen molar-refractivity contribution < 1.29 is 37.0 Å². The monoisotopic (exact) mass is 362 g/mol. The first-order valence-corrected chi connectivity index (χ1v) is 7.15. The first-order valence-electron chi connectivity index (χ1n) is 7.15. The van der Waals surface area contributed by atoms with Gasteiger partial charge in [-0.05, 0) is 38.1 Å². The molecule has 0 bridgehead atoms. The van der Waals surface area contributed by atoms with Gasteiger partial charge in [0, 0.05) is 0 Å². The number of urea groups is 1. The number of benzene rings is 1. The number of carbonyl (C=O) groups excluding carboxylic acids is 3. The van der Waals surface area contributed by atoms with E-state index in [9.17, 15) is 27.6 Å². The minimum atomic E-state index is -4.57. The smallest absolute Gasteiger partial charge is 0.405 e. The van der Waals surface area contributed by atoms with Crippen LogP contribution >= 0.6 is 0 Å². The van der Waals surface area contributed by atoms with Gasteiger partial charge in [0.2, 0.25) is 0 Å². The maximum atomic E-state index is 11.9. The summed E-state index contributed by atoms with van der Waals surface area (Å²) in [7, 11) is 0. The van der Waals surface area contributed by atoms with Crippen molar-refractivity contribution in [2.24, 2.45) is 0 Å². The zero-order valence-corrected chi connectivity index (χ0v) is 13.5. The molecular weight excluding hydrogens is 345 g/mol. The van der Waals surface area contributed by atoms with Crippen molar-refractivity contribution in [1.29, 1.82) is 0 Å². The molecule has 1 aromatic carbocycles. The van der Waals surface area contributed by atoms with E-state index in [-0.39, 0.29) is 17.4 Å². The number of amides is 3. The molecule has 0 heterocycles. The molecule has 2 N–H and O–H groups in total. The predicted octanol–water partition coefficient (Wildman–Crippen LogP) is 2.02. The minimum absolute atomic E-state index is 0.229. The number of rotatable bonds is 6. The number of imide groups is 1. The summed E-state index contributed by atoms with van der Waals surface area (Å²) < 4.78 is 45.8. The third-order valence-corrected chi connectivity index (χ3v) is 2.51. The summed E-state index contributed by atoms with van der Waals surface area (Å²) >= 11 is 0. The number of halogens is 3. The third kappa shape index (κ3) is 8.58. The van der Waals surface area contributed by atoms with E-state index in [1.54, 1.807) is 19.2 Å². The maximum absolute atomic E-state index is 11.9. The molecule has 0 saturated heterocycles. The molecule has 0 atom stereocenters. The Morgan fingerprint density at radius 3 is 2.24 bits per heavy atom. The van der Waals surface area contributed by atoms with Crippen molar-refractivity contribution in [3.8, 4) is 5.75 Å². The van der Waals surface area contributed by atoms with Crippen molar-refractivity contribution in [2.45, 2.75) is 26.1 Å². The SMILES string of the molecule is CC(C)OC(=O)c1ccc(OCC(=O)NC(=O)NCC(F)(F)F)cc1. The Balaban J connectivity index is 2.41. The van der Waals surface area contributed by atoms with Crippen molar-refractivity contribution in [3.63, 3.8) is 0 Å². The predicted molar refractivity (Wildman–Crippen MR) is 80.1 cm³/mol. The average molecular weight is 362 g/mol. The summed E-state index contributed by atoms with van der Waals surface area (Å²) in [5.41, 5.74) is 0.289. The Morgan fingerprint density at radius 1 is 1.12 bits per heavy atom. The van der Waals surface area contributed by atoms with Gasteiger partial charge in [-0.15, -0.1) is 0 Å². The molecule has 0 unspecified atom stereocenters. The first kappa shape index (κ1) is 20.3. The van der Waals surface area contributed by atoms with Crippen molar-refractivity contribution >= 4 is 17.9 Å². The second-order valence-corrected chi connectivity index (χ2v) is 5.11.